The van der Waals surface area contributed by atoms with Crippen molar-refractivity contribution in [2.24, 2.45) is 0 Å². The molecule has 6 nitrogen and oxygen atoms in total. The number of rotatable bonds is 10. The molecule has 0 aliphatic rings. The molecule has 0 saturated heterocycles. The molecule has 4 rings (SSSR count). The number of esters is 1. The lowest BCUT2D eigenvalue weighted by atomic mass is 10.0. The van der Waals surface area contributed by atoms with Crippen LogP contribution in [-0.4, -0.2) is 30.5 Å². The van der Waals surface area contributed by atoms with Gasteiger partial charge in [-0.1, -0.05) is 85.3 Å². The molecule has 4 aromatic rings. The lowest BCUT2D eigenvalue weighted by Gasteiger charge is -2.25. The van der Waals surface area contributed by atoms with Crippen LogP contribution < -0.4 is 10.2 Å². The van der Waals surface area contributed by atoms with E-state index >= 15 is 0 Å². The van der Waals surface area contributed by atoms with Gasteiger partial charge in [0.25, 0.3) is 0 Å². The number of anilines is 2. The van der Waals surface area contributed by atoms with Gasteiger partial charge in [0.1, 0.15) is 5.82 Å². The first-order chi connectivity index (χ1) is 18.5. The topological polar surface area (TPSA) is 71.5 Å². The van der Waals surface area contributed by atoms with E-state index in [1.807, 2.05) is 73.7 Å². The second-order valence-electron chi connectivity index (χ2n) is 9.25. The van der Waals surface area contributed by atoms with Gasteiger partial charge in [0.15, 0.2) is 0 Å². The number of amides is 1. The number of carbonyl (C=O) groups is 2. The highest BCUT2D eigenvalue weighted by molar-refractivity contribution is 5.98. The summed E-state index contributed by atoms with van der Waals surface area (Å²) in [6, 6.07) is 29.1. The number of pyridine rings is 1. The molecule has 6 heteroatoms. The Bertz CT molecular complexity index is 1380. The minimum Gasteiger partial charge on any atom is -0.465 e. The zero-order valence-corrected chi connectivity index (χ0v) is 22.1. The molecule has 0 saturated carbocycles. The Kier molecular flexibility index (Phi) is 8.88. The summed E-state index contributed by atoms with van der Waals surface area (Å²) in [5.41, 5.74) is 5.52. The second-order valence-corrected chi connectivity index (χ2v) is 9.25. The number of hydrogen-bond donors (Lipinski definition) is 1. The number of carbonyl (C=O) groups excluding carboxylic acids is 2. The number of aromatic nitrogens is 1. The van der Waals surface area contributed by atoms with E-state index in [1.54, 1.807) is 12.1 Å². The summed E-state index contributed by atoms with van der Waals surface area (Å²) in [5.74, 6) is 0.161. The van der Waals surface area contributed by atoms with Gasteiger partial charge in [-0.2, -0.15) is 0 Å². The summed E-state index contributed by atoms with van der Waals surface area (Å²) < 4.78 is 5.02. The third kappa shape index (κ3) is 6.85. The van der Waals surface area contributed by atoms with Crippen LogP contribution in [0.1, 0.15) is 40.4 Å². The molecule has 0 atom stereocenters. The van der Waals surface area contributed by atoms with Crippen molar-refractivity contribution in [3.63, 3.8) is 0 Å². The molecule has 3 aromatic carbocycles. The van der Waals surface area contributed by atoms with Crippen LogP contribution in [0.15, 0.2) is 91.0 Å². The van der Waals surface area contributed by atoms with Gasteiger partial charge < -0.3 is 15.0 Å². The quantitative estimate of drug-likeness (QED) is 0.250. The third-order valence-electron chi connectivity index (χ3n) is 6.22. The normalized spacial score (nSPS) is 10.6. The predicted octanol–water partition coefficient (Wildman–Crippen LogP) is 6.44. The van der Waals surface area contributed by atoms with Crippen LogP contribution in [0.4, 0.5) is 11.5 Å². The van der Waals surface area contributed by atoms with Gasteiger partial charge in [-0.3, -0.25) is 4.79 Å². The van der Waals surface area contributed by atoms with Crippen molar-refractivity contribution in [2.45, 2.75) is 33.2 Å². The SMILES string of the molecule is CCCN(Cc1ccccc1)c1cc(NC(=O)Cc2ccc(C)cc2)cc(-c2ccccc2C(=O)OC)n1. The molecule has 0 fully saturated rings. The molecule has 0 aliphatic carbocycles. The summed E-state index contributed by atoms with van der Waals surface area (Å²) in [6.45, 7) is 5.59. The highest BCUT2D eigenvalue weighted by atomic mass is 16.5. The monoisotopic (exact) mass is 507 g/mol. The highest BCUT2D eigenvalue weighted by Gasteiger charge is 2.18. The van der Waals surface area contributed by atoms with Gasteiger partial charge in [-0.25, -0.2) is 9.78 Å². The number of benzene rings is 3. The largest absolute Gasteiger partial charge is 0.465 e. The van der Waals surface area contributed by atoms with E-state index in [0.29, 0.717) is 29.1 Å². The molecule has 0 aliphatic heterocycles. The van der Waals surface area contributed by atoms with E-state index in [4.69, 9.17) is 9.72 Å². The van der Waals surface area contributed by atoms with E-state index in [1.165, 1.54) is 7.11 Å². The standard InChI is InChI=1S/C32H33N3O3/c1-4-18-35(22-25-10-6-5-7-11-25)30-21-26(33-31(36)19-24-16-14-23(2)15-17-24)20-29(34-30)27-12-8-9-13-28(27)32(37)38-3/h5-17,20-21H,4,18-19,22H2,1-3H3,(H,33,34,36). The first kappa shape index (κ1) is 26.6. The van der Waals surface area contributed by atoms with Crippen molar-refractivity contribution in [3.05, 3.63) is 113 Å². The summed E-state index contributed by atoms with van der Waals surface area (Å²) in [6.07, 6.45) is 1.18. The van der Waals surface area contributed by atoms with E-state index in [9.17, 15) is 9.59 Å². The fourth-order valence-electron chi connectivity index (χ4n) is 4.33. The lowest BCUT2D eigenvalue weighted by molar-refractivity contribution is -0.115. The fraction of sp³-hybridized carbons (Fsp3) is 0.219. The van der Waals surface area contributed by atoms with Gasteiger partial charge >= 0.3 is 5.97 Å². The maximum absolute atomic E-state index is 13.0. The van der Waals surface area contributed by atoms with Crippen LogP contribution in [0.2, 0.25) is 0 Å². The summed E-state index contributed by atoms with van der Waals surface area (Å²) in [5, 5.41) is 3.06. The molecule has 0 spiro atoms. The fourth-order valence-corrected chi connectivity index (χ4v) is 4.33. The third-order valence-corrected chi connectivity index (χ3v) is 6.22. The molecule has 38 heavy (non-hydrogen) atoms. The molecular weight excluding hydrogens is 474 g/mol. The average molecular weight is 508 g/mol. The van der Waals surface area contributed by atoms with Gasteiger partial charge in [-0.15, -0.1) is 0 Å². The Labute approximate surface area is 224 Å². The Balaban J connectivity index is 1.73. The van der Waals surface area contributed by atoms with Gasteiger partial charge in [0.2, 0.25) is 5.91 Å². The first-order valence-corrected chi connectivity index (χ1v) is 12.8. The molecule has 1 aromatic heterocycles. The van der Waals surface area contributed by atoms with Crippen LogP contribution in [0.5, 0.6) is 0 Å². The molecule has 194 valence electrons. The number of nitrogens with one attached hydrogen (secondary N) is 1. The Morgan fingerprint density at radius 1 is 0.895 bits per heavy atom. The van der Waals surface area contributed by atoms with Gasteiger partial charge in [0.05, 0.1) is 24.8 Å². The Hall–Kier alpha value is -4.45. The van der Waals surface area contributed by atoms with Gasteiger partial charge in [-0.05, 0) is 36.6 Å². The molecule has 0 radical (unpaired) electrons. The molecule has 1 N–H and O–H groups in total. The number of nitrogens with zero attached hydrogens (tertiary/aromatic N) is 2. The number of ether oxygens (including phenoxy) is 1. The Morgan fingerprint density at radius 3 is 2.32 bits per heavy atom. The number of aryl methyl sites for hydroxylation is 1. The second kappa shape index (κ2) is 12.7. The maximum Gasteiger partial charge on any atom is 0.338 e. The highest BCUT2D eigenvalue weighted by Crippen LogP contribution is 2.30. The Morgan fingerprint density at radius 2 is 1.61 bits per heavy atom. The van der Waals surface area contributed by atoms with Crippen molar-refractivity contribution < 1.29 is 14.3 Å². The summed E-state index contributed by atoms with van der Waals surface area (Å²) >= 11 is 0. The molecule has 1 amide bonds. The number of hydrogen-bond acceptors (Lipinski definition) is 5. The van der Waals surface area contributed by atoms with E-state index < -0.39 is 5.97 Å². The zero-order chi connectivity index (χ0) is 26.9. The molecule has 1 heterocycles. The predicted molar refractivity (Wildman–Crippen MR) is 152 cm³/mol. The van der Waals surface area contributed by atoms with Crippen LogP contribution in [-0.2, 0) is 22.5 Å². The zero-order valence-electron chi connectivity index (χ0n) is 22.1. The summed E-state index contributed by atoms with van der Waals surface area (Å²) in [7, 11) is 1.36. The lowest BCUT2D eigenvalue weighted by Crippen LogP contribution is -2.25. The van der Waals surface area contributed by atoms with Crippen LogP contribution in [0.3, 0.4) is 0 Å². The smallest absolute Gasteiger partial charge is 0.338 e. The molecule has 0 bridgehead atoms. The summed E-state index contributed by atoms with van der Waals surface area (Å²) in [4.78, 5) is 32.7. The molecule has 0 unspecified atom stereocenters. The number of methoxy groups -OCH3 is 1. The van der Waals surface area contributed by atoms with Crippen molar-refractivity contribution in [2.75, 3.05) is 23.9 Å². The van der Waals surface area contributed by atoms with Gasteiger partial charge in [0, 0.05) is 30.4 Å². The van der Waals surface area contributed by atoms with Crippen molar-refractivity contribution in [3.8, 4) is 11.3 Å². The van der Waals surface area contributed by atoms with E-state index in [0.717, 1.165) is 35.5 Å². The van der Waals surface area contributed by atoms with Crippen molar-refractivity contribution >= 4 is 23.4 Å². The van der Waals surface area contributed by atoms with Crippen LogP contribution >= 0.6 is 0 Å². The van der Waals surface area contributed by atoms with Crippen molar-refractivity contribution in [1.82, 2.24) is 4.98 Å². The van der Waals surface area contributed by atoms with Crippen molar-refractivity contribution in [1.29, 1.82) is 0 Å². The minimum absolute atomic E-state index is 0.122. The maximum atomic E-state index is 13.0. The first-order valence-electron chi connectivity index (χ1n) is 12.8. The van der Waals surface area contributed by atoms with Crippen LogP contribution in [0.25, 0.3) is 11.3 Å². The molecular formula is C32H33N3O3. The average Bonchev–Trinajstić information content (AvgIpc) is 2.94. The minimum atomic E-state index is -0.438. The van der Waals surface area contributed by atoms with E-state index in [-0.39, 0.29) is 12.3 Å². The van der Waals surface area contributed by atoms with Crippen LogP contribution in [0, 0.1) is 6.92 Å². The van der Waals surface area contributed by atoms with E-state index in [2.05, 4.69) is 29.3 Å².